The molecule has 20 heavy (non-hydrogen) atoms. The molecule has 10 heteroatoms. The highest BCUT2D eigenvalue weighted by atomic mass is 28.5. The minimum absolute atomic E-state index is 1.64. The van der Waals surface area contributed by atoms with Crippen LogP contribution in [0.3, 0.4) is 0 Å². The molecule has 1 rings (SSSR count). The van der Waals surface area contributed by atoms with Crippen molar-refractivity contribution in [1.29, 1.82) is 0 Å². The minimum Gasteiger partial charge on any atom is -0.433 e. The average Bonchev–Trinajstić information content (AvgIpc) is 1.84. The van der Waals surface area contributed by atoms with E-state index in [-0.39, 0.29) is 0 Å². The fraction of sp³-hybridized carbons (Fsp3) is 1.00. The Kier molecular flexibility index (Phi) is 5.21. The Morgan fingerprint density at radius 1 is 0.450 bits per heavy atom. The summed E-state index contributed by atoms with van der Waals surface area (Å²) in [4.78, 5) is 0. The summed E-state index contributed by atoms with van der Waals surface area (Å²) in [6.45, 7) is 23.4. The first kappa shape index (κ1) is 18.9. The molecule has 1 aliphatic rings. The van der Waals surface area contributed by atoms with Gasteiger partial charge in [0.05, 0.1) is 0 Å². The van der Waals surface area contributed by atoms with Gasteiger partial charge in [-0.15, -0.1) is 0 Å². The van der Waals surface area contributed by atoms with Gasteiger partial charge in [-0.25, -0.2) is 0 Å². The van der Waals surface area contributed by atoms with E-state index in [2.05, 4.69) is 84.1 Å². The first-order valence-corrected chi connectivity index (χ1v) is 22.2. The highest BCUT2D eigenvalue weighted by Crippen LogP contribution is 2.17. The molecule has 0 amide bonds. The Morgan fingerprint density at radius 2 is 0.700 bits per heavy atom. The Morgan fingerprint density at radius 3 is 1.00 bits per heavy atom. The van der Waals surface area contributed by atoms with E-state index < -0.39 is 42.1 Å². The van der Waals surface area contributed by atoms with E-state index in [0.717, 1.165) is 0 Å². The molecule has 5 nitrogen and oxygen atoms in total. The zero-order valence-corrected chi connectivity index (χ0v) is 19.9. The average molecular weight is 367 g/mol. The molecule has 0 spiro atoms. The maximum atomic E-state index is 6.60. The summed E-state index contributed by atoms with van der Waals surface area (Å²) < 4.78 is 22.3. The normalized spacial score (nSPS) is 31.5. The summed E-state index contributed by atoms with van der Waals surface area (Å²) in [6, 6.07) is 0. The van der Waals surface area contributed by atoms with Gasteiger partial charge < -0.3 is 22.7 Å². The molecule has 0 bridgehead atoms. The standard InChI is InChI=1S/C10H34N4OSi5/c1-16(2)11-17(3,4)13-19(7,8)15-20(9,10)14-18(5,6)12-16/h11-14H,1-10H3. The number of rotatable bonds is 0. The highest BCUT2D eigenvalue weighted by molar-refractivity contribution is 7.03. The molecule has 0 saturated carbocycles. The maximum absolute atomic E-state index is 6.60. The maximum Gasteiger partial charge on any atom is 0.247 e. The van der Waals surface area contributed by atoms with Crippen LogP contribution in [-0.2, 0) is 4.12 Å². The van der Waals surface area contributed by atoms with Gasteiger partial charge in [0.25, 0.3) is 0 Å². The summed E-state index contributed by atoms with van der Waals surface area (Å²) in [5.74, 6) is 0. The topological polar surface area (TPSA) is 57.4 Å². The van der Waals surface area contributed by atoms with Gasteiger partial charge in [0.1, 0.15) is 0 Å². The van der Waals surface area contributed by atoms with Crippen LogP contribution in [0.25, 0.3) is 0 Å². The second-order valence-corrected chi connectivity index (χ2v) is 29.1. The SMILES string of the molecule is C[Si]1(C)N[Si](C)(C)N[Si](C)(C)O[Si](C)(C)N[Si](C)(C)N1. The molecule has 1 saturated heterocycles. The van der Waals surface area contributed by atoms with E-state index in [1.807, 2.05) is 0 Å². The molecule has 1 heterocycles. The highest BCUT2D eigenvalue weighted by Gasteiger charge is 2.46. The van der Waals surface area contributed by atoms with Crippen molar-refractivity contribution >= 4 is 42.1 Å². The van der Waals surface area contributed by atoms with Gasteiger partial charge in [-0.2, -0.15) is 0 Å². The van der Waals surface area contributed by atoms with Crippen LogP contribution in [0.2, 0.25) is 65.5 Å². The smallest absolute Gasteiger partial charge is 0.247 e. The summed E-state index contributed by atoms with van der Waals surface area (Å²) >= 11 is 0. The summed E-state index contributed by atoms with van der Waals surface area (Å²) in [5.41, 5.74) is 0. The molecule has 0 aromatic rings. The minimum atomic E-state index is -1.86. The van der Waals surface area contributed by atoms with Gasteiger partial charge in [-0.1, -0.05) is 0 Å². The van der Waals surface area contributed by atoms with E-state index in [1.54, 1.807) is 0 Å². The van der Waals surface area contributed by atoms with Crippen molar-refractivity contribution in [2.45, 2.75) is 65.5 Å². The van der Waals surface area contributed by atoms with E-state index in [4.69, 9.17) is 4.12 Å². The molecule has 4 N–H and O–H groups in total. The van der Waals surface area contributed by atoms with Crippen LogP contribution in [0.15, 0.2) is 0 Å². The Bertz CT molecular complexity index is 271. The van der Waals surface area contributed by atoms with Crippen LogP contribution < -0.4 is 18.6 Å². The molecule has 0 aromatic carbocycles. The van der Waals surface area contributed by atoms with Crippen molar-refractivity contribution < 1.29 is 4.12 Å². The van der Waals surface area contributed by atoms with Crippen molar-refractivity contribution in [3.05, 3.63) is 0 Å². The lowest BCUT2D eigenvalue weighted by Crippen LogP contribution is -2.84. The van der Waals surface area contributed by atoms with Crippen molar-refractivity contribution in [2.75, 3.05) is 0 Å². The summed E-state index contributed by atoms with van der Waals surface area (Å²) in [7, 11) is -8.69. The number of nitrogens with one attached hydrogen (secondary N) is 4. The van der Waals surface area contributed by atoms with Gasteiger partial charge >= 0.3 is 0 Å². The second-order valence-electron chi connectivity index (χ2n) is 8.50. The van der Waals surface area contributed by atoms with Crippen LogP contribution >= 0.6 is 0 Å². The molecule has 0 aliphatic carbocycles. The lowest BCUT2D eigenvalue weighted by molar-refractivity contribution is 0.527. The zero-order valence-electron chi connectivity index (χ0n) is 14.9. The monoisotopic (exact) mass is 366 g/mol. The first-order valence-electron chi connectivity index (χ1n) is 7.41. The Labute approximate surface area is 130 Å². The van der Waals surface area contributed by atoms with E-state index in [0.29, 0.717) is 0 Å². The molecule has 0 unspecified atom stereocenters. The van der Waals surface area contributed by atoms with Crippen LogP contribution in [-0.4, -0.2) is 42.1 Å². The third-order valence-corrected chi connectivity index (χ3v) is 26.9. The third kappa shape index (κ3) is 6.33. The molecule has 0 aromatic heterocycles. The van der Waals surface area contributed by atoms with Gasteiger partial charge in [-0.3, -0.25) is 0 Å². The fourth-order valence-corrected chi connectivity index (χ4v) is 37.3. The van der Waals surface area contributed by atoms with Crippen molar-refractivity contribution in [1.82, 2.24) is 18.6 Å². The Balaban J connectivity index is 3.15. The second kappa shape index (κ2) is 5.51. The van der Waals surface area contributed by atoms with Crippen molar-refractivity contribution in [2.24, 2.45) is 0 Å². The van der Waals surface area contributed by atoms with Gasteiger partial charge in [-0.05, 0) is 65.5 Å². The first-order chi connectivity index (χ1) is 8.54. The molecule has 1 fully saturated rings. The lowest BCUT2D eigenvalue weighted by Gasteiger charge is -2.48. The van der Waals surface area contributed by atoms with Crippen LogP contribution in [0.5, 0.6) is 0 Å². The van der Waals surface area contributed by atoms with E-state index >= 15 is 0 Å². The molecule has 120 valence electrons. The van der Waals surface area contributed by atoms with Crippen LogP contribution in [0.1, 0.15) is 0 Å². The van der Waals surface area contributed by atoms with E-state index in [9.17, 15) is 0 Å². The Hall–Kier alpha value is 0.884. The zero-order chi connectivity index (χ0) is 16.0. The van der Waals surface area contributed by atoms with Gasteiger partial charge in [0, 0.05) is 0 Å². The quantitative estimate of drug-likeness (QED) is 0.493. The predicted octanol–water partition coefficient (Wildman–Crippen LogP) is 1.88. The van der Waals surface area contributed by atoms with Crippen molar-refractivity contribution in [3.8, 4) is 0 Å². The van der Waals surface area contributed by atoms with Crippen molar-refractivity contribution in [3.63, 3.8) is 0 Å². The molecule has 0 radical (unpaired) electrons. The summed E-state index contributed by atoms with van der Waals surface area (Å²) in [5, 5.41) is 0. The third-order valence-electron chi connectivity index (χ3n) is 2.99. The van der Waals surface area contributed by atoms with Crippen LogP contribution in [0.4, 0.5) is 0 Å². The van der Waals surface area contributed by atoms with E-state index in [1.165, 1.54) is 0 Å². The number of hydrogen-bond acceptors (Lipinski definition) is 5. The van der Waals surface area contributed by atoms with Crippen LogP contribution in [0, 0.1) is 0 Å². The molecule has 0 atom stereocenters. The molecular weight excluding hydrogens is 333 g/mol. The molecular formula is C10H34N4OSi5. The van der Waals surface area contributed by atoms with Gasteiger partial charge in [0.2, 0.25) is 17.0 Å². The fourth-order valence-electron chi connectivity index (χ4n) is 3.85. The lowest BCUT2D eigenvalue weighted by atomic mass is 11.9. The predicted molar refractivity (Wildman–Crippen MR) is 101 cm³/mol. The molecule has 1 aliphatic heterocycles. The van der Waals surface area contributed by atoms with Gasteiger partial charge in [0.15, 0.2) is 25.2 Å². The largest absolute Gasteiger partial charge is 0.433 e. The number of hydrogen-bond donors (Lipinski definition) is 4. The summed E-state index contributed by atoms with van der Waals surface area (Å²) in [6.07, 6.45) is 0.